The molecule has 2 aromatic carbocycles. The van der Waals surface area contributed by atoms with Crippen LogP contribution in [0.25, 0.3) is 11.1 Å². The summed E-state index contributed by atoms with van der Waals surface area (Å²) in [5, 5.41) is 13.2. The summed E-state index contributed by atoms with van der Waals surface area (Å²) in [6.45, 7) is 1.46. The van der Waals surface area contributed by atoms with Crippen LogP contribution in [0.1, 0.15) is 28.8 Å². The molecule has 0 aliphatic carbocycles. The number of hydrogen-bond donors (Lipinski definition) is 1. The molecule has 2 aliphatic rings. The Labute approximate surface area is 180 Å². The van der Waals surface area contributed by atoms with Gasteiger partial charge in [-0.1, -0.05) is 24.3 Å². The van der Waals surface area contributed by atoms with E-state index in [1.54, 1.807) is 41.3 Å². The van der Waals surface area contributed by atoms with Crippen molar-refractivity contribution in [1.82, 2.24) is 4.90 Å². The van der Waals surface area contributed by atoms with Gasteiger partial charge in [-0.15, -0.1) is 5.11 Å². The Morgan fingerprint density at radius 3 is 2.45 bits per heavy atom. The van der Waals surface area contributed by atoms with E-state index >= 15 is 0 Å². The fourth-order valence-corrected chi connectivity index (χ4v) is 4.59. The van der Waals surface area contributed by atoms with Crippen molar-refractivity contribution in [3.8, 4) is 11.1 Å². The first-order chi connectivity index (χ1) is 14.9. The topological polar surface area (TPSA) is 127 Å². The average Bonchev–Trinajstić information content (AvgIpc) is 3.32. The minimum Gasteiger partial charge on any atom is -0.381 e. The maximum atomic E-state index is 12.9. The van der Waals surface area contributed by atoms with E-state index in [9.17, 15) is 13.2 Å². The molecule has 0 aromatic heterocycles. The number of hydrogen-bond acceptors (Lipinski definition) is 7. The summed E-state index contributed by atoms with van der Waals surface area (Å²) >= 11 is 0. The lowest BCUT2D eigenvalue weighted by Crippen LogP contribution is -2.40. The fourth-order valence-electron chi connectivity index (χ4n) is 3.83. The van der Waals surface area contributed by atoms with Gasteiger partial charge in [-0.2, -0.15) is 5.11 Å². The van der Waals surface area contributed by atoms with Crippen molar-refractivity contribution in [2.24, 2.45) is 20.4 Å². The molecule has 0 radical (unpaired) electrons. The SMILES string of the molecule is CN(C(=O)c1ccc(-c2cccc(S(N)(=O)=O)c2C2=NCN=N2)cc1)C1CCOCC1. The van der Waals surface area contributed by atoms with Crippen LogP contribution in [0.4, 0.5) is 0 Å². The Balaban J connectivity index is 1.68. The summed E-state index contributed by atoms with van der Waals surface area (Å²) in [7, 11) is -2.19. The molecule has 0 unspecified atom stereocenters. The third-order valence-electron chi connectivity index (χ3n) is 5.51. The van der Waals surface area contributed by atoms with Gasteiger partial charge in [-0.05, 0) is 42.2 Å². The molecule has 0 saturated carbocycles. The monoisotopic (exact) mass is 441 g/mol. The van der Waals surface area contributed by atoms with Gasteiger partial charge in [0.05, 0.1) is 4.90 Å². The van der Waals surface area contributed by atoms with E-state index in [0.717, 1.165) is 18.4 Å². The van der Waals surface area contributed by atoms with Crippen LogP contribution in [-0.2, 0) is 14.8 Å². The van der Waals surface area contributed by atoms with Crippen molar-refractivity contribution in [3.63, 3.8) is 0 Å². The Morgan fingerprint density at radius 2 is 1.84 bits per heavy atom. The van der Waals surface area contributed by atoms with Crippen molar-refractivity contribution in [2.75, 3.05) is 26.9 Å². The molecule has 2 aromatic rings. The first-order valence-corrected chi connectivity index (χ1v) is 11.4. The minimum atomic E-state index is -4.00. The van der Waals surface area contributed by atoms with Gasteiger partial charge in [-0.3, -0.25) is 4.79 Å². The Kier molecular flexibility index (Phi) is 5.94. The van der Waals surface area contributed by atoms with Crippen LogP contribution < -0.4 is 5.14 Å². The third-order valence-corrected chi connectivity index (χ3v) is 6.46. The number of azo groups is 1. The minimum absolute atomic E-state index is 0.0640. The normalized spacial score (nSPS) is 16.9. The van der Waals surface area contributed by atoms with E-state index in [1.807, 2.05) is 7.05 Å². The average molecular weight is 442 g/mol. The number of aliphatic imine (C=N–C) groups is 1. The van der Waals surface area contributed by atoms with Gasteiger partial charge in [0.15, 0.2) is 12.5 Å². The first kappa shape index (κ1) is 21.3. The molecular formula is C21H23N5O4S. The van der Waals surface area contributed by atoms with Crippen LogP contribution in [0.15, 0.2) is 62.6 Å². The van der Waals surface area contributed by atoms with Gasteiger partial charge < -0.3 is 9.64 Å². The van der Waals surface area contributed by atoms with Crippen LogP contribution in [0, 0.1) is 0 Å². The maximum Gasteiger partial charge on any atom is 0.253 e. The second-order valence-electron chi connectivity index (χ2n) is 7.43. The van der Waals surface area contributed by atoms with Crippen molar-refractivity contribution < 1.29 is 17.9 Å². The number of ether oxygens (including phenoxy) is 1. The summed E-state index contributed by atoms with van der Waals surface area (Å²) in [6.07, 6.45) is 1.64. The van der Waals surface area contributed by atoms with Crippen LogP contribution in [0.5, 0.6) is 0 Å². The molecule has 31 heavy (non-hydrogen) atoms. The Morgan fingerprint density at radius 1 is 1.13 bits per heavy atom. The first-order valence-electron chi connectivity index (χ1n) is 9.90. The van der Waals surface area contributed by atoms with E-state index in [1.165, 1.54) is 6.07 Å². The molecule has 0 bridgehead atoms. The number of primary sulfonamides is 1. The van der Waals surface area contributed by atoms with Gasteiger partial charge in [0, 0.05) is 37.4 Å². The Bertz CT molecular complexity index is 1150. The number of benzene rings is 2. The summed E-state index contributed by atoms with van der Waals surface area (Å²) < 4.78 is 29.7. The van der Waals surface area contributed by atoms with Crippen LogP contribution in [-0.4, -0.2) is 58.0 Å². The summed E-state index contributed by atoms with van der Waals surface area (Å²) in [5.74, 6) is 0.157. The van der Waals surface area contributed by atoms with Crippen LogP contribution in [0.3, 0.4) is 0 Å². The molecule has 4 rings (SSSR count). The predicted molar refractivity (Wildman–Crippen MR) is 115 cm³/mol. The van der Waals surface area contributed by atoms with Gasteiger partial charge in [0.1, 0.15) is 0 Å². The lowest BCUT2D eigenvalue weighted by atomic mass is 9.97. The van der Waals surface area contributed by atoms with Crippen molar-refractivity contribution in [1.29, 1.82) is 0 Å². The van der Waals surface area contributed by atoms with Gasteiger partial charge in [0.25, 0.3) is 5.91 Å². The third kappa shape index (κ3) is 4.41. The van der Waals surface area contributed by atoms with Crippen molar-refractivity contribution in [3.05, 3.63) is 53.6 Å². The van der Waals surface area contributed by atoms with E-state index in [2.05, 4.69) is 15.2 Å². The Hall–Kier alpha value is -2.95. The van der Waals surface area contributed by atoms with Gasteiger partial charge in [0.2, 0.25) is 10.0 Å². The number of carbonyl (C=O) groups excluding carboxylic acids is 1. The highest BCUT2D eigenvalue weighted by atomic mass is 32.2. The second kappa shape index (κ2) is 8.66. The van der Waals surface area contributed by atoms with E-state index in [4.69, 9.17) is 9.88 Å². The fraction of sp³-hybridized carbons (Fsp3) is 0.333. The number of carbonyl (C=O) groups is 1. The molecule has 0 spiro atoms. The maximum absolute atomic E-state index is 12.9. The molecule has 9 nitrogen and oxygen atoms in total. The zero-order valence-corrected chi connectivity index (χ0v) is 17.9. The van der Waals surface area contributed by atoms with Crippen molar-refractivity contribution in [2.45, 2.75) is 23.8 Å². The van der Waals surface area contributed by atoms with E-state index in [0.29, 0.717) is 29.9 Å². The van der Waals surface area contributed by atoms with E-state index < -0.39 is 10.0 Å². The van der Waals surface area contributed by atoms with Gasteiger partial charge >= 0.3 is 0 Å². The smallest absolute Gasteiger partial charge is 0.253 e. The largest absolute Gasteiger partial charge is 0.381 e. The van der Waals surface area contributed by atoms with E-state index in [-0.39, 0.29) is 29.3 Å². The summed E-state index contributed by atoms with van der Waals surface area (Å²) in [5.41, 5.74) is 2.18. The molecule has 2 heterocycles. The highest BCUT2D eigenvalue weighted by molar-refractivity contribution is 7.89. The van der Waals surface area contributed by atoms with Crippen LogP contribution in [0.2, 0.25) is 0 Å². The number of amidine groups is 1. The predicted octanol–water partition coefficient (Wildman–Crippen LogP) is 2.42. The standard InChI is InChI=1S/C21H23N5O4S/c1-26(16-9-11-30-12-10-16)21(27)15-7-5-14(6-8-15)17-3-2-4-18(31(22,28)29)19(17)20-23-13-24-25-20/h2-8,16H,9-13H2,1H3,(H2,22,28,29). The number of nitrogens with zero attached hydrogens (tertiary/aromatic N) is 4. The highest BCUT2D eigenvalue weighted by Gasteiger charge is 2.25. The van der Waals surface area contributed by atoms with Gasteiger partial charge in [-0.25, -0.2) is 18.5 Å². The molecule has 2 aliphatic heterocycles. The molecule has 10 heteroatoms. The van der Waals surface area contributed by atoms with Crippen molar-refractivity contribution >= 4 is 21.8 Å². The summed E-state index contributed by atoms with van der Waals surface area (Å²) in [6, 6.07) is 12.0. The quantitative estimate of drug-likeness (QED) is 0.764. The molecule has 0 atom stereocenters. The second-order valence-corrected chi connectivity index (χ2v) is 8.96. The molecule has 1 amide bonds. The molecule has 1 fully saturated rings. The lowest BCUT2D eigenvalue weighted by molar-refractivity contribution is 0.0362. The number of amides is 1. The zero-order chi connectivity index (χ0) is 22.0. The highest BCUT2D eigenvalue weighted by Crippen LogP contribution is 2.31. The molecule has 1 saturated heterocycles. The molecule has 162 valence electrons. The number of nitrogens with two attached hydrogens (primary N) is 1. The molecular weight excluding hydrogens is 418 g/mol. The zero-order valence-electron chi connectivity index (χ0n) is 17.1. The summed E-state index contributed by atoms with van der Waals surface area (Å²) in [4.78, 5) is 18.8. The number of rotatable bonds is 5. The number of sulfonamides is 1. The molecule has 2 N–H and O–H groups in total. The van der Waals surface area contributed by atoms with Crippen LogP contribution >= 0.6 is 0 Å². The lowest BCUT2D eigenvalue weighted by Gasteiger charge is -2.31.